The molecule has 4 rings (SSSR count). The molecule has 0 aliphatic carbocycles. The summed E-state index contributed by atoms with van der Waals surface area (Å²) in [6.07, 6.45) is 4.50. The Bertz CT molecular complexity index is 870. The van der Waals surface area contributed by atoms with Crippen molar-refractivity contribution in [3.05, 3.63) is 144 Å². The molecule has 0 aliphatic heterocycles. The molecule has 1 N–H and O–H groups in total. The van der Waals surface area contributed by atoms with Gasteiger partial charge in [-0.05, 0) is 22.3 Å². The maximum Gasteiger partial charge on any atom is 0.0827 e. The van der Waals surface area contributed by atoms with Gasteiger partial charge in [-0.15, -0.1) is 0 Å². The number of hydrogen-bond donors (Lipinski definition) is 0. The SMILES string of the molecule is [OH-].c1ccc(CC[N+](CCc2ccccc2)(CCc2ccccc2)CCc2ccccc2)cc1. The van der Waals surface area contributed by atoms with Crippen LogP contribution < -0.4 is 0 Å². The van der Waals surface area contributed by atoms with Gasteiger partial charge < -0.3 is 9.96 Å². The maximum absolute atomic E-state index is 2.28. The van der Waals surface area contributed by atoms with Crippen LogP contribution in [-0.2, 0) is 25.7 Å². The molecule has 0 fully saturated rings. The molecule has 0 heterocycles. The van der Waals surface area contributed by atoms with Crippen LogP contribution in [0.2, 0.25) is 0 Å². The maximum atomic E-state index is 2.28. The van der Waals surface area contributed by atoms with E-state index in [9.17, 15) is 0 Å². The summed E-state index contributed by atoms with van der Waals surface area (Å²) in [4.78, 5) is 0. The first-order chi connectivity index (χ1) is 16.3. The zero-order chi connectivity index (χ0) is 22.6. The molecule has 4 aromatic carbocycles. The number of nitrogens with zero attached hydrogens (tertiary/aromatic N) is 1. The minimum absolute atomic E-state index is 0. The molecule has 34 heavy (non-hydrogen) atoms. The Balaban J connectivity index is 0.00000324. The highest BCUT2D eigenvalue weighted by Gasteiger charge is 2.27. The first kappa shape index (κ1) is 25.4. The van der Waals surface area contributed by atoms with Crippen LogP contribution in [0.5, 0.6) is 0 Å². The fourth-order valence-electron chi connectivity index (χ4n) is 4.71. The van der Waals surface area contributed by atoms with Gasteiger partial charge in [0.1, 0.15) is 0 Å². The van der Waals surface area contributed by atoms with Crippen LogP contribution in [-0.4, -0.2) is 36.1 Å². The van der Waals surface area contributed by atoms with Crippen LogP contribution in [0.4, 0.5) is 0 Å². The van der Waals surface area contributed by atoms with Crippen LogP contribution in [0.1, 0.15) is 22.3 Å². The van der Waals surface area contributed by atoms with Gasteiger partial charge in [-0.1, -0.05) is 121 Å². The highest BCUT2D eigenvalue weighted by molar-refractivity contribution is 5.17. The van der Waals surface area contributed by atoms with Crippen LogP contribution in [0.3, 0.4) is 0 Å². The first-order valence-corrected chi connectivity index (χ1v) is 12.3. The lowest BCUT2D eigenvalue weighted by atomic mass is 10.0. The van der Waals surface area contributed by atoms with E-state index >= 15 is 0 Å². The summed E-state index contributed by atoms with van der Waals surface area (Å²) >= 11 is 0. The molecule has 0 aliphatic rings. The highest BCUT2D eigenvalue weighted by atomic mass is 16.0. The fraction of sp³-hybridized carbons (Fsp3) is 0.250. The molecule has 0 aromatic heterocycles. The largest absolute Gasteiger partial charge is 0.870 e. The fourth-order valence-corrected chi connectivity index (χ4v) is 4.71. The molecule has 0 saturated heterocycles. The Morgan fingerprint density at radius 2 is 0.529 bits per heavy atom. The topological polar surface area (TPSA) is 30.0 Å². The van der Waals surface area contributed by atoms with Crippen molar-refractivity contribution in [2.75, 3.05) is 26.2 Å². The van der Waals surface area contributed by atoms with Crippen LogP contribution in [0.15, 0.2) is 121 Å². The normalized spacial score (nSPS) is 11.1. The van der Waals surface area contributed by atoms with E-state index in [1.54, 1.807) is 0 Å². The standard InChI is InChI=1S/C32H36N.H2O/c1-5-13-29(14-6-1)21-25-33(26-22-30-15-7-2-8-16-30,27-23-31-17-9-3-10-18-31)28-24-32-19-11-4-12-20-32;/h1-20H,21-28H2;1H2/q+1;/p-1. The molecular formula is C32H37NO. The minimum atomic E-state index is 0. The number of rotatable bonds is 12. The van der Waals surface area contributed by atoms with Crippen LogP contribution in [0, 0.1) is 0 Å². The zero-order valence-electron chi connectivity index (χ0n) is 20.1. The van der Waals surface area contributed by atoms with E-state index in [2.05, 4.69) is 121 Å². The molecule has 0 saturated carbocycles. The van der Waals surface area contributed by atoms with Gasteiger partial charge in [0.15, 0.2) is 0 Å². The zero-order valence-corrected chi connectivity index (χ0v) is 20.1. The Hall–Kier alpha value is -3.20. The summed E-state index contributed by atoms with van der Waals surface area (Å²) in [5, 5.41) is 0. The quantitative estimate of drug-likeness (QED) is 0.223. The summed E-state index contributed by atoms with van der Waals surface area (Å²) in [5.41, 5.74) is 5.77. The molecule has 0 atom stereocenters. The van der Waals surface area contributed by atoms with Crippen molar-refractivity contribution in [3.63, 3.8) is 0 Å². The predicted octanol–water partition coefficient (Wildman–Crippen LogP) is 6.60. The first-order valence-electron chi connectivity index (χ1n) is 12.3. The minimum Gasteiger partial charge on any atom is -0.870 e. The van der Waals surface area contributed by atoms with Crippen molar-refractivity contribution in [2.24, 2.45) is 0 Å². The lowest BCUT2D eigenvalue weighted by Crippen LogP contribution is -2.53. The molecule has 4 aromatic rings. The smallest absolute Gasteiger partial charge is 0.0827 e. The third-order valence-corrected chi connectivity index (χ3v) is 6.87. The van der Waals surface area contributed by atoms with Crippen LogP contribution in [0.25, 0.3) is 0 Å². The van der Waals surface area contributed by atoms with E-state index in [0.29, 0.717) is 0 Å². The summed E-state index contributed by atoms with van der Waals surface area (Å²) in [5.74, 6) is 0. The van der Waals surface area contributed by atoms with E-state index < -0.39 is 0 Å². The van der Waals surface area contributed by atoms with E-state index in [4.69, 9.17) is 0 Å². The number of quaternary nitrogens is 1. The monoisotopic (exact) mass is 451 g/mol. The lowest BCUT2D eigenvalue weighted by molar-refractivity contribution is -0.927. The molecule has 0 bridgehead atoms. The molecule has 2 nitrogen and oxygen atoms in total. The average molecular weight is 452 g/mol. The van der Waals surface area contributed by atoms with Gasteiger partial charge in [0.2, 0.25) is 0 Å². The van der Waals surface area contributed by atoms with Crippen molar-refractivity contribution >= 4 is 0 Å². The van der Waals surface area contributed by atoms with E-state index in [1.165, 1.54) is 48.4 Å². The van der Waals surface area contributed by atoms with E-state index in [1.807, 2.05) is 0 Å². The number of hydrogen-bond acceptors (Lipinski definition) is 1. The third kappa shape index (κ3) is 7.98. The lowest BCUT2D eigenvalue weighted by Gasteiger charge is -2.39. The van der Waals surface area contributed by atoms with Crippen molar-refractivity contribution < 1.29 is 9.96 Å². The number of benzene rings is 4. The Kier molecular flexibility index (Phi) is 10.1. The summed E-state index contributed by atoms with van der Waals surface area (Å²) in [6.45, 7) is 4.71. The van der Waals surface area contributed by atoms with Gasteiger partial charge in [-0.3, -0.25) is 0 Å². The predicted molar refractivity (Wildman–Crippen MR) is 142 cm³/mol. The molecule has 0 amide bonds. The third-order valence-electron chi connectivity index (χ3n) is 6.87. The van der Waals surface area contributed by atoms with Crippen molar-refractivity contribution in [3.8, 4) is 0 Å². The molecule has 176 valence electrons. The molecule has 2 heteroatoms. The Morgan fingerprint density at radius 1 is 0.324 bits per heavy atom. The van der Waals surface area contributed by atoms with Gasteiger partial charge in [-0.25, -0.2) is 0 Å². The molecule has 0 spiro atoms. The Morgan fingerprint density at radius 3 is 0.735 bits per heavy atom. The summed E-state index contributed by atoms with van der Waals surface area (Å²) < 4.78 is 1.15. The van der Waals surface area contributed by atoms with Crippen LogP contribution >= 0.6 is 0 Å². The van der Waals surface area contributed by atoms with E-state index in [-0.39, 0.29) is 5.48 Å². The van der Waals surface area contributed by atoms with Crippen molar-refractivity contribution in [1.29, 1.82) is 0 Å². The average Bonchev–Trinajstić information content (AvgIpc) is 2.90. The van der Waals surface area contributed by atoms with Gasteiger partial charge in [0.25, 0.3) is 0 Å². The van der Waals surface area contributed by atoms with Crippen molar-refractivity contribution in [1.82, 2.24) is 0 Å². The highest BCUT2D eigenvalue weighted by Crippen LogP contribution is 2.18. The second kappa shape index (κ2) is 13.5. The van der Waals surface area contributed by atoms with Gasteiger partial charge in [-0.2, -0.15) is 0 Å². The molecule has 0 unspecified atom stereocenters. The molecule has 0 radical (unpaired) electrons. The second-order valence-electron chi connectivity index (χ2n) is 9.18. The Labute approximate surface area is 205 Å². The summed E-state index contributed by atoms with van der Waals surface area (Å²) in [7, 11) is 0. The van der Waals surface area contributed by atoms with Gasteiger partial charge in [0.05, 0.1) is 26.2 Å². The molecular weight excluding hydrogens is 414 g/mol. The second-order valence-corrected chi connectivity index (χ2v) is 9.18. The van der Waals surface area contributed by atoms with Crippen molar-refractivity contribution in [2.45, 2.75) is 25.7 Å². The van der Waals surface area contributed by atoms with E-state index in [0.717, 1.165) is 30.2 Å². The van der Waals surface area contributed by atoms with Gasteiger partial charge in [0, 0.05) is 25.7 Å². The summed E-state index contributed by atoms with van der Waals surface area (Å²) in [6, 6.07) is 44.0. The van der Waals surface area contributed by atoms with Gasteiger partial charge >= 0.3 is 0 Å².